The van der Waals surface area contributed by atoms with E-state index in [4.69, 9.17) is 0 Å². The lowest BCUT2D eigenvalue weighted by Crippen LogP contribution is -2.32. The summed E-state index contributed by atoms with van der Waals surface area (Å²) >= 11 is 0. The van der Waals surface area contributed by atoms with Gasteiger partial charge in [0.15, 0.2) is 0 Å². The lowest BCUT2D eigenvalue weighted by Gasteiger charge is -2.19. The van der Waals surface area contributed by atoms with E-state index < -0.39 is 43.7 Å². The molecule has 0 aromatic heterocycles. The monoisotopic (exact) mass is 491 g/mol. The third-order valence-corrected chi connectivity index (χ3v) is 8.89. The topological polar surface area (TPSA) is 113 Å². The third-order valence-electron chi connectivity index (χ3n) is 6.00. The zero-order chi connectivity index (χ0) is 23.7. The van der Waals surface area contributed by atoms with E-state index in [0.29, 0.717) is 12.0 Å². The normalized spacial score (nSPS) is 24.1. The molecule has 2 N–H and O–H groups in total. The quantitative estimate of drug-likeness (QED) is 0.517. The summed E-state index contributed by atoms with van der Waals surface area (Å²) in [6, 6.07) is 5.72. The molecule has 1 heterocycles. The van der Waals surface area contributed by atoms with Crippen molar-refractivity contribution in [1.29, 1.82) is 0 Å². The van der Waals surface area contributed by atoms with Crippen molar-refractivity contribution in [2.24, 2.45) is 11.8 Å². The Morgan fingerprint density at radius 1 is 1.28 bits per heavy atom. The Kier molecular flexibility index (Phi) is 7.08. The van der Waals surface area contributed by atoms with E-state index in [1.807, 2.05) is 0 Å². The van der Waals surface area contributed by atoms with Crippen LogP contribution in [0.3, 0.4) is 0 Å². The summed E-state index contributed by atoms with van der Waals surface area (Å²) in [7, 11) is -5.96. The number of sulfonamides is 2. The number of nitrogens with one attached hydrogen (secondary N) is 2. The van der Waals surface area contributed by atoms with Crippen molar-refractivity contribution in [3.05, 3.63) is 41.8 Å². The number of nitrogens with zero attached hydrogens (tertiary/aromatic N) is 1. The molecular weight excluding hydrogens is 464 g/mol. The van der Waals surface area contributed by atoms with Gasteiger partial charge in [0.25, 0.3) is 5.92 Å². The molecular formula is C20H27F2N3O5S2. The van der Waals surface area contributed by atoms with Crippen LogP contribution in [0.25, 0.3) is 0 Å². The molecule has 3 rings (SSSR count). The number of carbonyl (C=O) groups is 1. The van der Waals surface area contributed by atoms with E-state index >= 15 is 0 Å². The predicted molar refractivity (Wildman–Crippen MR) is 115 cm³/mol. The summed E-state index contributed by atoms with van der Waals surface area (Å²) in [5, 5.41) is 3.28. The van der Waals surface area contributed by atoms with Crippen molar-refractivity contribution in [3.8, 4) is 0 Å². The first-order valence-corrected chi connectivity index (χ1v) is 13.2. The Hall–Kier alpha value is -1.89. The van der Waals surface area contributed by atoms with Crippen molar-refractivity contribution < 1.29 is 30.4 Å². The van der Waals surface area contributed by atoms with Crippen LogP contribution in [0.15, 0.2) is 41.1 Å². The summed E-state index contributed by atoms with van der Waals surface area (Å²) in [4.78, 5) is 12.3. The second-order valence-electron chi connectivity index (χ2n) is 8.21. The highest BCUT2D eigenvalue weighted by atomic mass is 32.2. The summed E-state index contributed by atoms with van der Waals surface area (Å²) < 4.78 is 79.3. The highest BCUT2D eigenvalue weighted by molar-refractivity contribution is 7.92. The van der Waals surface area contributed by atoms with Gasteiger partial charge in [0.1, 0.15) is 0 Å². The first-order valence-electron chi connectivity index (χ1n) is 10.2. The molecule has 2 unspecified atom stereocenters. The van der Waals surface area contributed by atoms with Crippen LogP contribution in [0.1, 0.15) is 30.7 Å². The molecule has 0 bridgehead atoms. The average Bonchev–Trinajstić information content (AvgIpc) is 3.14. The Morgan fingerprint density at radius 3 is 2.44 bits per heavy atom. The highest BCUT2D eigenvalue weighted by Crippen LogP contribution is 2.53. The largest absolute Gasteiger partial charge is 0.359 e. The maximum absolute atomic E-state index is 13.3. The molecule has 1 aliphatic carbocycles. The predicted octanol–water partition coefficient (Wildman–Crippen LogP) is 1.63. The molecule has 8 nitrogen and oxygen atoms in total. The molecule has 1 amide bonds. The number of halogens is 2. The van der Waals surface area contributed by atoms with E-state index in [-0.39, 0.29) is 43.3 Å². The lowest BCUT2D eigenvalue weighted by molar-refractivity contribution is -0.122. The number of hydrogen-bond donors (Lipinski definition) is 2. The fraction of sp³-hybridized carbons (Fsp3) is 0.550. The first-order chi connectivity index (χ1) is 14.9. The summed E-state index contributed by atoms with van der Waals surface area (Å²) in [5.41, 5.74) is 0.476. The molecule has 0 spiro atoms. The second kappa shape index (κ2) is 9.16. The van der Waals surface area contributed by atoms with Gasteiger partial charge in [0.05, 0.1) is 10.8 Å². The van der Waals surface area contributed by atoms with Gasteiger partial charge in [0.2, 0.25) is 26.0 Å². The van der Waals surface area contributed by atoms with E-state index in [2.05, 4.69) is 16.6 Å². The second-order valence-corrected chi connectivity index (χ2v) is 11.9. The van der Waals surface area contributed by atoms with E-state index in [1.54, 1.807) is 0 Å². The molecule has 0 radical (unpaired) electrons. The Bertz CT molecular complexity index is 1070. The van der Waals surface area contributed by atoms with Gasteiger partial charge in [-0.05, 0) is 36.5 Å². The van der Waals surface area contributed by atoms with Crippen molar-refractivity contribution >= 4 is 26.0 Å². The minimum atomic E-state index is -3.81. The molecule has 178 valence electrons. The average molecular weight is 492 g/mol. The van der Waals surface area contributed by atoms with Gasteiger partial charge in [-0.15, -0.1) is 0 Å². The fourth-order valence-electron chi connectivity index (χ4n) is 3.87. The molecule has 1 aliphatic heterocycles. The van der Waals surface area contributed by atoms with Crippen LogP contribution < -0.4 is 10.0 Å². The van der Waals surface area contributed by atoms with Gasteiger partial charge in [-0.25, -0.2) is 30.3 Å². The van der Waals surface area contributed by atoms with Crippen LogP contribution in [0, 0.1) is 11.8 Å². The van der Waals surface area contributed by atoms with Crippen molar-refractivity contribution in [3.63, 3.8) is 0 Å². The Balaban J connectivity index is 1.69. The van der Waals surface area contributed by atoms with Gasteiger partial charge >= 0.3 is 0 Å². The molecule has 12 heteroatoms. The fourth-order valence-corrected chi connectivity index (χ4v) is 5.99. The molecule has 1 aromatic rings. The zero-order valence-corrected chi connectivity index (χ0v) is 19.3. The number of hydrogen-bond acceptors (Lipinski definition) is 5. The summed E-state index contributed by atoms with van der Waals surface area (Å²) in [6.45, 7) is 3.74. The minimum Gasteiger partial charge on any atom is -0.359 e. The van der Waals surface area contributed by atoms with Crippen molar-refractivity contribution in [1.82, 2.24) is 14.3 Å². The van der Waals surface area contributed by atoms with Crippen molar-refractivity contribution in [2.45, 2.75) is 36.0 Å². The molecule has 2 aliphatic rings. The standard InChI is InChI=1S/C20H27F2N3O5S2/c1-3-31(27,28)24-12-14-8-9-25(13-14)32(29,30)17-6-4-15(5-7-17)18(19(26)23-2)10-16-11-20(16,21)22/h3-7,14,16,18,24H,1,8-13H2,2H3,(H,23,26)/t14-,16?,18?/m1/s1. The number of amides is 1. The van der Waals surface area contributed by atoms with E-state index in [0.717, 1.165) is 5.41 Å². The lowest BCUT2D eigenvalue weighted by atomic mass is 9.92. The first kappa shape index (κ1) is 24.7. The Morgan fingerprint density at radius 2 is 1.91 bits per heavy atom. The van der Waals surface area contributed by atoms with Crippen LogP contribution in [0.5, 0.6) is 0 Å². The van der Waals surface area contributed by atoms with Gasteiger partial charge in [-0.3, -0.25) is 4.79 Å². The molecule has 1 saturated heterocycles. The van der Waals surface area contributed by atoms with E-state index in [1.165, 1.54) is 35.6 Å². The molecule has 1 saturated carbocycles. The zero-order valence-electron chi connectivity index (χ0n) is 17.6. The third kappa shape index (κ3) is 5.53. The molecule has 3 atom stereocenters. The van der Waals surface area contributed by atoms with Crippen LogP contribution in [-0.4, -0.2) is 59.7 Å². The van der Waals surface area contributed by atoms with Crippen LogP contribution in [0.2, 0.25) is 0 Å². The van der Waals surface area contributed by atoms with Gasteiger partial charge in [0, 0.05) is 44.4 Å². The van der Waals surface area contributed by atoms with E-state index in [9.17, 15) is 30.4 Å². The molecule has 32 heavy (non-hydrogen) atoms. The summed E-state index contributed by atoms with van der Waals surface area (Å²) in [5.74, 6) is -4.96. The SMILES string of the molecule is C=CS(=O)(=O)NC[C@H]1CCN(S(=O)(=O)c2ccc(C(CC3CC3(F)F)C(=O)NC)cc2)C1. The number of carbonyl (C=O) groups excluding carboxylic acids is 1. The van der Waals surface area contributed by atoms with Crippen LogP contribution in [0.4, 0.5) is 8.78 Å². The van der Waals surface area contributed by atoms with Crippen molar-refractivity contribution in [2.75, 3.05) is 26.7 Å². The van der Waals surface area contributed by atoms with Crippen LogP contribution in [-0.2, 0) is 24.8 Å². The molecule has 2 fully saturated rings. The number of likely N-dealkylation sites (N-methyl/N-ethyl adjacent to an activating group) is 1. The maximum Gasteiger partial charge on any atom is 0.251 e. The smallest absolute Gasteiger partial charge is 0.251 e. The maximum atomic E-state index is 13.3. The highest BCUT2D eigenvalue weighted by Gasteiger charge is 2.57. The number of rotatable bonds is 10. The Labute approximate surface area is 187 Å². The minimum absolute atomic E-state index is 0.00675. The number of alkyl halides is 2. The number of benzene rings is 1. The summed E-state index contributed by atoms with van der Waals surface area (Å²) in [6.07, 6.45) is 0.255. The van der Waals surface area contributed by atoms with Gasteiger partial charge < -0.3 is 5.32 Å². The molecule has 1 aromatic carbocycles. The van der Waals surface area contributed by atoms with Gasteiger partial charge in [-0.1, -0.05) is 18.7 Å². The van der Waals surface area contributed by atoms with Gasteiger partial charge in [-0.2, -0.15) is 4.31 Å². The van der Waals surface area contributed by atoms with Crippen LogP contribution >= 0.6 is 0 Å².